The highest BCUT2D eigenvalue weighted by atomic mass is 16.5. The molecule has 1 aliphatic carbocycles. The number of methoxy groups -OCH3 is 2. The summed E-state index contributed by atoms with van der Waals surface area (Å²) in [5.41, 5.74) is 1.90. The van der Waals surface area contributed by atoms with Crippen molar-refractivity contribution in [3.8, 4) is 11.5 Å². The van der Waals surface area contributed by atoms with E-state index in [2.05, 4.69) is 6.08 Å². The van der Waals surface area contributed by atoms with Crippen molar-refractivity contribution in [2.24, 2.45) is 0 Å². The molecule has 0 aromatic heterocycles. The van der Waals surface area contributed by atoms with Gasteiger partial charge in [-0.1, -0.05) is 6.08 Å². The van der Waals surface area contributed by atoms with Crippen molar-refractivity contribution < 1.29 is 14.6 Å². The third-order valence-electron chi connectivity index (χ3n) is 3.16. The summed E-state index contributed by atoms with van der Waals surface area (Å²) in [6.45, 7) is 0. The number of benzene rings is 1. The van der Waals surface area contributed by atoms with Crippen molar-refractivity contribution in [1.82, 2.24) is 0 Å². The molecule has 0 saturated heterocycles. The molecule has 3 nitrogen and oxygen atoms in total. The molecule has 1 aromatic carbocycles. The van der Waals surface area contributed by atoms with Crippen LogP contribution in [0, 0.1) is 0 Å². The van der Waals surface area contributed by atoms with Gasteiger partial charge >= 0.3 is 0 Å². The summed E-state index contributed by atoms with van der Waals surface area (Å²) in [4.78, 5) is 0. The normalized spacial score (nSPS) is 16.5. The van der Waals surface area contributed by atoms with Crippen LogP contribution in [-0.2, 0) is 0 Å². The highest BCUT2D eigenvalue weighted by molar-refractivity contribution is 5.44. The second-order valence-corrected chi connectivity index (χ2v) is 4.18. The molecule has 0 fully saturated rings. The number of aliphatic hydroxyl groups is 1. The topological polar surface area (TPSA) is 38.7 Å². The molecule has 2 rings (SSSR count). The number of hydrogen-bond acceptors (Lipinski definition) is 3. The number of rotatable bonds is 4. The smallest absolute Gasteiger partial charge is 0.128 e. The molecule has 3 heteroatoms. The SMILES string of the molecule is COc1ccc(C(O)C2=CCCC2)c(OC)c1. The molecule has 92 valence electrons. The third kappa shape index (κ3) is 2.44. The first-order chi connectivity index (χ1) is 8.26. The van der Waals surface area contributed by atoms with Gasteiger partial charge in [-0.05, 0) is 37.0 Å². The molecular weight excluding hydrogens is 216 g/mol. The van der Waals surface area contributed by atoms with Crippen molar-refractivity contribution >= 4 is 0 Å². The van der Waals surface area contributed by atoms with Gasteiger partial charge in [-0.25, -0.2) is 0 Å². The van der Waals surface area contributed by atoms with E-state index in [9.17, 15) is 5.11 Å². The first-order valence-corrected chi connectivity index (χ1v) is 5.85. The van der Waals surface area contributed by atoms with E-state index in [1.54, 1.807) is 20.3 Å². The summed E-state index contributed by atoms with van der Waals surface area (Å²) in [5.74, 6) is 1.41. The van der Waals surface area contributed by atoms with Gasteiger partial charge in [0.25, 0.3) is 0 Å². The van der Waals surface area contributed by atoms with Crippen molar-refractivity contribution in [1.29, 1.82) is 0 Å². The van der Waals surface area contributed by atoms with Crippen LogP contribution in [-0.4, -0.2) is 19.3 Å². The lowest BCUT2D eigenvalue weighted by molar-refractivity contribution is 0.207. The molecule has 0 amide bonds. The fraction of sp³-hybridized carbons (Fsp3) is 0.429. The lowest BCUT2D eigenvalue weighted by Crippen LogP contribution is -2.03. The molecule has 0 aliphatic heterocycles. The Hall–Kier alpha value is -1.48. The van der Waals surface area contributed by atoms with E-state index in [0.717, 1.165) is 36.1 Å². The minimum absolute atomic E-state index is 0.557. The maximum absolute atomic E-state index is 10.3. The standard InChI is InChI=1S/C14H18O3/c1-16-11-7-8-12(13(9-11)17-2)14(15)10-5-3-4-6-10/h5,7-9,14-15H,3-4,6H2,1-2H3. The number of aliphatic hydroxyl groups excluding tert-OH is 1. The van der Waals surface area contributed by atoms with Gasteiger partial charge in [-0.2, -0.15) is 0 Å². The van der Waals surface area contributed by atoms with Gasteiger partial charge < -0.3 is 14.6 Å². The van der Waals surface area contributed by atoms with E-state index in [-0.39, 0.29) is 0 Å². The third-order valence-corrected chi connectivity index (χ3v) is 3.16. The fourth-order valence-electron chi connectivity index (χ4n) is 2.19. The minimum Gasteiger partial charge on any atom is -0.497 e. The maximum atomic E-state index is 10.3. The second-order valence-electron chi connectivity index (χ2n) is 4.18. The Bertz CT molecular complexity index is 423. The monoisotopic (exact) mass is 234 g/mol. The van der Waals surface area contributed by atoms with Gasteiger partial charge in [-0.3, -0.25) is 0 Å². The summed E-state index contributed by atoms with van der Waals surface area (Å²) in [6.07, 6.45) is 4.72. The van der Waals surface area contributed by atoms with Crippen LogP contribution in [0.5, 0.6) is 11.5 Å². The summed E-state index contributed by atoms with van der Waals surface area (Å²) >= 11 is 0. The molecule has 1 atom stereocenters. The molecule has 17 heavy (non-hydrogen) atoms. The average Bonchev–Trinajstić information content (AvgIpc) is 2.91. The minimum atomic E-state index is -0.557. The molecule has 0 saturated carbocycles. The van der Waals surface area contributed by atoms with Crippen LogP contribution in [0.25, 0.3) is 0 Å². The molecule has 0 spiro atoms. The van der Waals surface area contributed by atoms with Crippen LogP contribution in [0.4, 0.5) is 0 Å². The highest BCUT2D eigenvalue weighted by Gasteiger charge is 2.20. The van der Waals surface area contributed by atoms with Crippen molar-refractivity contribution in [2.75, 3.05) is 14.2 Å². The zero-order valence-corrected chi connectivity index (χ0v) is 10.3. The molecule has 0 radical (unpaired) electrons. The molecule has 0 heterocycles. The Morgan fingerprint density at radius 1 is 1.24 bits per heavy atom. The van der Waals surface area contributed by atoms with E-state index in [4.69, 9.17) is 9.47 Å². The molecular formula is C14H18O3. The van der Waals surface area contributed by atoms with Gasteiger partial charge in [0, 0.05) is 11.6 Å². The van der Waals surface area contributed by atoms with Crippen LogP contribution in [0.15, 0.2) is 29.8 Å². The van der Waals surface area contributed by atoms with Crippen molar-refractivity contribution in [3.05, 3.63) is 35.4 Å². The molecule has 1 unspecified atom stereocenters. The van der Waals surface area contributed by atoms with E-state index < -0.39 is 6.10 Å². The molecule has 1 aromatic rings. The largest absolute Gasteiger partial charge is 0.497 e. The van der Waals surface area contributed by atoms with Gasteiger partial charge in [0.15, 0.2) is 0 Å². The maximum Gasteiger partial charge on any atom is 0.128 e. The van der Waals surface area contributed by atoms with Crippen LogP contribution in [0.3, 0.4) is 0 Å². The number of hydrogen-bond donors (Lipinski definition) is 1. The summed E-state index contributed by atoms with van der Waals surface area (Å²) < 4.78 is 10.4. The highest BCUT2D eigenvalue weighted by Crippen LogP contribution is 2.36. The molecule has 0 bridgehead atoms. The van der Waals surface area contributed by atoms with Crippen molar-refractivity contribution in [2.45, 2.75) is 25.4 Å². The zero-order chi connectivity index (χ0) is 12.3. The van der Waals surface area contributed by atoms with Gasteiger partial charge in [0.2, 0.25) is 0 Å². The van der Waals surface area contributed by atoms with E-state index in [0.29, 0.717) is 5.75 Å². The van der Waals surface area contributed by atoms with Gasteiger partial charge in [0.05, 0.1) is 14.2 Å². The lowest BCUT2D eigenvalue weighted by atomic mass is 10.00. The Balaban J connectivity index is 2.30. The van der Waals surface area contributed by atoms with Crippen LogP contribution in [0.1, 0.15) is 30.9 Å². The van der Waals surface area contributed by atoms with Gasteiger partial charge in [-0.15, -0.1) is 0 Å². The van der Waals surface area contributed by atoms with Crippen LogP contribution >= 0.6 is 0 Å². The first-order valence-electron chi connectivity index (χ1n) is 5.85. The van der Waals surface area contributed by atoms with Crippen LogP contribution in [0.2, 0.25) is 0 Å². The summed E-state index contributed by atoms with van der Waals surface area (Å²) in [6, 6.07) is 5.51. The van der Waals surface area contributed by atoms with Gasteiger partial charge in [0.1, 0.15) is 17.6 Å². The molecule has 1 aliphatic rings. The lowest BCUT2D eigenvalue weighted by Gasteiger charge is -2.16. The zero-order valence-electron chi connectivity index (χ0n) is 10.3. The van der Waals surface area contributed by atoms with Crippen LogP contribution < -0.4 is 9.47 Å². The van der Waals surface area contributed by atoms with E-state index in [1.807, 2.05) is 12.1 Å². The fourth-order valence-corrected chi connectivity index (χ4v) is 2.19. The van der Waals surface area contributed by atoms with Crippen molar-refractivity contribution in [3.63, 3.8) is 0 Å². The van der Waals surface area contributed by atoms with E-state index >= 15 is 0 Å². The Labute approximate surface area is 102 Å². The predicted octanol–water partition coefficient (Wildman–Crippen LogP) is 2.85. The Morgan fingerprint density at radius 3 is 2.65 bits per heavy atom. The summed E-state index contributed by atoms with van der Waals surface area (Å²) in [7, 11) is 3.22. The van der Waals surface area contributed by atoms with E-state index in [1.165, 1.54) is 0 Å². The molecule has 1 N–H and O–H groups in total. The quantitative estimate of drug-likeness (QED) is 0.814. The second kappa shape index (κ2) is 5.23. The number of allylic oxidation sites excluding steroid dienone is 1. The summed E-state index contributed by atoms with van der Waals surface area (Å²) in [5, 5.41) is 10.3. The average molecular weight is 234 g/mol. The predicted molar refractivity (Wildman–Crippen MR) is 66.4 cm³/mol. The Morgan fingerprint density at radius 2 is 2.06 bits per heavy atom. The first kappa shape index (κ1) is 12.0. The Kier molecular flexibility index (Phi) is 3.69. The number of ether oxygens (including phenoxy) is 2.